The molecule has 2 atom stereocenters. The van der Waals surface area contributed by atoms with E-state index in [-0.39, 0.29) is 30.2 Å². The first-order chi connectivity index (χ1) is 28.1. The molecule has 1 amide bonds. The average Bonchev–Trinajstić information content (AvgIpc) is 4.06. The Bertz CT molecular complexity index is 2550. The number of rotatable bonds is 10. The molecule has 0 radical (unpaired) electrons. The van der Waals surface area contributed by atoms with Crippen LogP contribution in [-0.4, -0.2) is 39.8 Å². The summed E-state index contributed by atoms with van der Waals surface area (Å²) < 4.78 is 11.4. The summed E-state index contributed by atoms with van der Waals surface area (Å²) in [6, 6.07) is 28.2. The second-order valence-electron chi connectivity index (χ2n) is 14.7. The van der Waals surface area contributed by atoms with E-state index in [0.29, 0.717) is 22.6 Å². The van der Waals surface area contributed by atoms with Crippen LogP contribution in [0.5, 0.6) is 11.5 Å². The summed E-state index contributed by atoms with van der Waals surface area (Å²) >= 11 is 3.22. The molecule has 12 heteroatoms. The molecule has 6 aromatic rings. The molecule has 8 rings (SSSR count). The van der Waals surface area contributed by atoms with Gasteiger partial charge >= 0.3 is 0 Å². The topological polar surface area (TPSA) is 167 Å². The standard InChI is InChI=1S/C24H23N3O3S.C22H21N3OS/c1-14(2)30-21-9-6-15(10-16(21)11-25)24-26-12-22(31-24)19-5-3-4-18-17(19)7-8-20(18)27-23(29)13-28;1-13(2)26-20-9-6-14(10-15(20)11-23)22-25-12-21(27-22)18-5-3-4-17-16(18)7-8-19(17)24/h3-6,9-10,12,14,20,28H,7-8,13H2,1-2H3,(H,27,29);3-6,9-10,12-13,19H,7-8,24H2,1-2H3/t20-;19-/m00/s1. The fourth-order valence-corrected chi connectivity index (χ4v) is 9.40. The van der Waals surface area contributed by atoms with E-state index in [1.165, 1.54) is 22.3 Å². The number of amides is 1. The molecule has 2 aromatic heterocycles. The third kappa shape index (κ3) is 8.66. The van der Waals surface area contributed by atoms with Crippen LogP contribution in [0.2, 0.25) is 0 Å². The monoisotopic (exact) mass is 808 g/mol. The number of aliphatic hydroxyl groups excluding tert-OH is 1. The van der Waals surface area contributed by atoms with Gasteiger partial charge in [-0.2, -0.15) is 10.5 Å². The second-order valence-corrected chi connectivity index (χ2v) is 16.8. The Morgan fingerprint density at radius 3 is 1.79 bits per heavy atom. The fraction of sp³-hybridized carbons (Fsp3) is 0.283. The number of aliphatic hydroxyl groups is 1. The molecule has 2 aliphatic carbocycles. The summed E-state index contributed by atoms with van der Waals surface area (Å²) in [6.45, 7) is 7.26. The normalized spacial score (nSPS) is 15.2. The van der Waals surface area contributed by atoms with E-state index in [1.807, 2.05) is 88.6 Å². The molecule has 294 valence electrons. The Morgan fingerprint density at radius 1 is 0.793 bits per heavy atom. The van der Waals surface area contributed by atoms with Gasteiger partial charge < -0.3 is 25.6 Å². The van der Waals surface area contributed by atoms with E-state index in [0.717, 1.165) is 67.7 Å². The summed E-state index contributed by atoms with van der Waals surface area (Å²) in [7, 11) is 0. The molecule has 2 heterocycles. The molecule has 0 saturated carbocycles. The van der Waals surface area contributed by atoms with E-state index in [1.54, 1.807) is 22.7 Å². The van der Waals surface area contributed by atoms with Crippen LogP contribution in [0.3, 0.4) is 0 Å². The van der Waals surface area contributed by atoms with E-state index in [9.17, 15) is 15.3 Å². The van der Waals surface area contributed by atoms with E-state index in [2.05, 4.69) is 51.7 Å². The SMILES string of the molecule is CC(C)Oc1ccc(-c2ncc(-c3cccc4c3CC[C@@H]4N)s2)cc1C#N.CC(C)Oc1ccc(-c2ncc(-c3cccc4c3CC[C@@H]4NC(=O)CO)s2)cc1C#N. The van der Waals surface area contributed by atoms with E-state index >= 15 is 0 Å². The van der Waals surface area contributed by atoms with Crippen LogP contribution >= 0.6 is 22.7 Å². The van der Waals surface area contributed by atoms with Crippen LogP contribution in [0.15, 0.2) is 85.2 Å². The highest BCUT2D eigenvalue weighted by atomic mass is 32.1. The minimum absolute atomic E-state index is 0.00409. The number of fused-ring (bicyclic) bond motifs is 2. The number of hydrogen-bond acceptors (Lipinski definition) is 11. The number of nitrogens with two attached hydrogens (primary N) is 1. The van der Waals surface area contributed by atoms with Crippen molar-refractivity contribution in [1.29, 1.82) is 10.5 Å². The number of benzene rings is 4. The van der Waals surface area contributed by atoms with Gasteiger partial charge in [0.1, 0.15) is 40.3 Å². The number of nitriles is 2. The first-order valence-corrected chi connectivity index (χ1v) is 20.9. The van der Waals surface area contributed by atoms with E-state index in [4.69, 9.17) is 20.3 Å². The number of carbonyl (C=O) groups is 1. The minimum atomic E-state index is -0.505. The maximum Gasteiger partial charge on any atom is 0.246 e. The van der Waals surface area contributed by atoms with Gasteiger partial charge in [0, 0.05) is 29.6 Å². The van der Waals surface area contributed by atoms with Crippen molar-refractivity contribution in [2.75, 3.05) is 6.61 Å². The molecule has 2 aliphatic rings. The van der Waals surface area contributed by atoms with Crippen LogP contribution in [-0.2, 0) is 17.6 Å². The smallest absolute Gasteiger partial charge is 0.246 e. The molecule has 58 heavy (non-hydrogen) atoms. The van der Waals surface area contributed by atoms with Gasteiger partial charge in [0.2, 0.25) is 5.91 Å². The molecular weight excluding hydrogens is 765 g/mol. The maximum absolute atomic E-state index is 11.6. The van der Waals surface area contributed by atoms with Crippen molar-refractivity contribution in [2.24, 2.45) is 5.73 Å². The molecule has 0 fully saturated rings. The van der Waals surface area contributed by atoms with Crippen molar-refractivity contribution in [3.05, 3.63) is 119 Å². The molecule has 0 bridgehead atoms. The maximum atomic E-state index is 11.6. The molecule has 0 unspecified atom stereocenters. The lowest BCUT2D eigenvalue weighted by atomic mass is 10.0. The van der Waals surface area contributed by atoms with Crippen LogP contribution in [0, 0.1) is 22.7 Å². The number of carbonyl (C=O) groups excluding carboxylic acids is 1. The molecule has 4 N–H and O–H groups in total. The van der Waals surface area contributed by atoms with Gasteiger partial charge in [-0.3, -0.25) is 4.79 Å². The molecule has 4 aromatic carbocycles. The Kier molecular flexibility index (Phi) is 12.3. The Morgan fingerprint density at radius 2 is 1.29 bits per heavy atom. The van der Waals surface area contributed by atoms with E-state index < -0.39 is 6.61 Å². The summed E-state index contributed by atoms with van der Waals surface area (Å²) in [5.41, 5.74) is 16.3. The highest BCUT2D eigenvalue weighted by Crippen LogP contribution is 2.42. The van der Waals surface area contributed by atoms with Gasteiger partial charge in [0.15, 0.2) is 0 Å². The van der Waals surface area contributed by atoms with Crippen LogP contribution in [0.4, 0.5) is 0 Å². The number of nitrogens with zero attached hydrogens (tertiary/aromatic N) is 4. The summed E-state index contributed by atoms with van der Waals surface area (Å²) in [4.78, 5) is 23.0. The first-order valence-electron chi connectivity index (χ1n) is 19.3. The number of ether oxygens (including phenoxy) is 2. The average molecular weight is 809 g/mol. The lowest BCUT2D eigenvalue weighted by molar-refractivity contribution is -0.124. The van der Waals surface area contributed by atoms with Crippen molar-refractivity contribution in [3.8, 4) is 65.7 Å². The van der Waals surface area contributed by atoms with Gasteiger partial charge in [0.25, 0.3) is 0 Å². The third-order valence-corrected chi connectivity index (χ3v) is 12.2. The van der Waals surface area contributed by atoms with Gasteiger partial charge in [-0.1, -0.05) is 36.4 Å². The van der Waals surface area contributed by atoms with Crippen LogP contribution < -0.4 is 20.5 Å². The predicted octanol–water partition coefficient (Wildman–Crippen LogP) is 9.31. The first kappa shape index (κ1) is 40.3. The molecule has 10 nitrogen and oxygen atoms in total. The zero-order valence-electron chi connectivity index (χ0n) is 32.8. The Balaban J connectivity index is 0.000000178. The molecular formula is C46H44N6O4S2. The minimum Gasteiger partial charge on any atom is -0.490 e. The highest BCUT2D eigenvalue weighted by Gasteiger charge is 2.27. The highest BCUT2D eigenvalue weighted by molar-refractivity contribution is 7.18. The predicted molar refractivity (Wildman–Crippen MR) is 228 cm³/mol. The van der Waals surface area contributed by atoms with Crippen molar-refractivity contribution in [1.82, 2.24) is 15.3 Å². The largest absolute Gasteiger partial charge is 0.490 e. The summed E-state index contributed by atoms with van der Waals surface area (Å²) in [5, 5.41) is 32.6. The Labute approximate surface area is 346 Å². The molecule has 0 aliphatic heterocycles. The van der Waals surface area contributed by atoms with Crippen molar-refractivity contribution in [3.63, 3.8) is 0 Å². The number of hydrogen-bond donors (Lipinski definition) is 3. The van der Waals surface area contributed by atoms with Crippen molar-refractivity contribution in [2.45, 2.75) is 77.7 Å². The van der Waals surface area contributed by atoms with Gasteiger partial charge in [-0.25, -0.2) is 9.97 Å². The van der Waals surface area contributed by atoms with Crippen molar-refractivity contribution < 1.29 is 19.4 Å². The number of thiazole rings is 2. The fourth-order valence-electron chi connectivity index (χ4n) is 7.47. The van der Waals surface area contributed by atoms with Crippen LogP contribution in [0.1, 0.15) is 86.0 Å². The second kappa shape index (κ2) is 17.7. The van der Waals surface area contributed by atoms with Gasteiger partial charge in [0.05, 0.1) is 39.1 Å². The lowest BCUT2D eigenvalue weighted by Gasteiger charge is -2.14. The quantitative estimate of drug-likeness (QED) is 0.122. The van der Waals surface area contributed by atoms with Gasteiger partial charge in [-0.05, 0) is 123 Å². The zero-order chi connectivity index (χ0) is 40.9. The summed E-state index contributed by atoms with van der Waals surface area (Å²) in [6.07, 6.45) is 7.49. The van der Waals surface area contributed by atoms with Gasteiger partial charge in [-0.15, -0.1) is 22.7 Å². The zero-order valence-corrected chi connectivity index (χ0v) is 34.4. The molecule has 0 spiro atoms. The Hall–Kier alpha value is -5.89. The molecule has 0 saturated heterocycles. The third-order valence-electron chi connectivity index (χ3n) is 10.0. The number of aromatic nitrogens is 2. The van der Waals surface area contributed by atoms with Crippen LogP contribution in [0.25, 0.3) is 42.0 Å². The summed E-state index contributed by atoms with van der Waals surface area (Å²) in [5.74, 6) is 0.833. The van der Waals surface area contributed by atoms with Crippen molar-refractivity contribution >= 4 is 28.6 Å². The lowest BCUT2D eigenvalue weighted by Crippen LogP contribution is -2.29. The number of nitrogens with one attached hydrogen (secondary N) is 1.